The van der Waals surface area contributed by atoms with E-state index in [4.69, 9.17) is 5.73 Å². The molecular weight excluding hydrogens is 479 g/mol. The van der Waals surface area contributed by atoms with Gasteiger partial charge in [0.15, 0.2) is 11.8 Å². The Morgan fingerprint density at radius 3 is 2.56 bits per heavy atom. The molecule has 3 rings (SSSR count). The van der Waals surface area contributed by atoms with Crippen LogP contribution < -0.4 is 15.8 Å². The second kappa shape index (κ2) is 9.40. The van der Waals surface area contributed by atoms with Gasteiger partial charge in [-0.25, -0.2) is 13.8 Å². The van der Waals surface area contributed by atoms with Crippen molar-refractivity contribution >= 4 is 28.5 Å². The zero-order chi connectivity index (χ0) is 25.3. The number of ether oxygens (including phenoxy) is 1. The summed E-state index contributed by atoms with van der Waals surface area (Å²) >= 11 is 1.10. The third kappa shape index (κ3) is 5.43. The molecule has 6 nitrogen and oxygen atoms in total. The summed E-state index contributed by atoms with van der Waals surface area (Å²) in [6.07, 6.45) is -3.51. The van der Waals surface area contributed by atoms with Gasteiger partial charge in [-0.05, 0) is 44.2 Å². The molecule has 1 unspecified atom stereocenters. The van der Waals surface area contributed by atoms with Gasteiger partial charge in [0.1, 0.15) is 23.9 Å². The number of hydrogen-bond acceptors (Lipinski definition) is 6. The monoisotopic (exact) mass is 502 g/mol. The number of alkyl halides is 4. The van der Waals surface area contributed by atoms with Crippen LogP contribution in [0.2, 0.25) is 0 Å². The molecule has 1 aliphatic heterocycles. The molecule has 0 saturated heterocycles. The van der Waals surface area contributed by atoms with Crippen LogP contribution in [0, 0.1) is 11.7 Å². The fourth-order valence-corrected chi connectivity index (χ4v) is 4.83. The number of aromatic nitrogens is 1. The molecule has 2 heterocycles. The average molecular weight is 503 g/mol. The Morgan fingerprint density at radius 1 is 1.26 bits per heavy atom. The summed E-state index contributed by atoms with van der Waals surface area (Å²) in [5, 5.41) is 2.70. The maximum absolute atomic E-state index is 14.9. The zero-order valence-electron chi connectivity index (χ0n) is 18.5. The fraction of sp³-hybridized carbons (Fsp3) is 0.409. The van der Waals surface area contributed by atoms with Crippen LogP contribution in [0.1, 0.15) is 36.8 Å². The van der Waals surface area contributed by atoms with Gasteiger partial charge in [-0.1, -0.05) is 18.7 Å². The fourth-order valence-electron chi connectivity index (χ4n) is 3.66. The van der Waals surface area contributed by atoms with Crippen molar-refractivity contribution < 1.29 is 31.5 Å². The van der Waals surface area contributed by atoms with Crippen LogP contribution in [0.3, 0.4) is 0 Å². The number of amides is 1. The molecule has 3 N–H and O–H groups in total. The van der Waals surface area contributed by atoms with E-state index in [1.54, 1.807) is 20.8 Å². The maximum atomic E-state index is 14.9. The first-order chi connectivity index (χ1) is 15.8. The van der Waals surface area contributed by atoms with Crippen molar-refractivity contribution in [1.29, 1.82) is 0 Å². The molecule has 1 amide bonds. The first kappa shape index (κ1) is 25.7. The highest BCUT2D eigenvalue weighted by atomic mass is 32.2. The first-order valence-electron chi connectivity index (χ1n) is 10.1. The van der Waals surface area contributed by atoms with Crippen LogP contribution in [0.5, 0.6) is 5.75 Å². The first-order valence-corrected chi connectivity index (χ1v) is 11.0. The summed E-state index contributed by atoms with van der Waals surface area (Å²) in [5.41, 5.74) is 5.00. The number of nitrogens with one attached hydrogen (secondary N) is 1. The van der Waals surface area contributed by atoms with Crippen LogP contribution in [-0.4, -0.2) is 40.3 Å². The summed E-state index contributed by atoms with van der Waals surface area (Å²) in [7, 11) is 0. The van der Waals surface area contributed by atoms with Crippen LogP contribution in [0.25, 0.3) is 0 Å². The molecule has 0 spiro atoms. The quantitative estimate of drug-likeness (QED) is 0.540. The van der Waals surface area contributed by atoms with Crippen molar-refractivity contribution in [3.63, 3.8) is 0 Å². The lowest BCUT2D eigenvalue weighted by atomic mass is 9.74. The Morgan fingerprint density at radius 2 is 1.97 bits per heavy atom. The van der Waals surface area contributed by atoms with Crippen LogP contribution >= 0.6 is 11.8 Å². The highest BCUT2D eigenvalue weighted by Gasteiger charge is 2.50. The van der Waals surface area contributed by atoms with Gasteiger partial charge in [0.2, 0.25) is 0 Å². The number of halogens is 5. The summed E-state index contributed by atoms with van der Waals surface area (Å²) in [6.45, 7) is 2.93. The van der Waals surface area contributed by atoms with Crippen molar-refractivity contribution in [3.8, 4) is 5.75 Å². The lowest BCUT2D eigenvalue weighted by Gasteiger charge is -2.46. The summed E-state index contributed by atoms with van der Waals surface area (Å²) in [4.78, 5) is 20.8. The Hall–Kier alpha value is -2.89. The van der Waals surface area contributed by atoms with Crippen molar-refractivity contribution in [1.82, 2.24) is 4.98 Å². The topological polar surface area (TPSA) is 89.6 Å². The molecule has 184 valence electrons. The Kier molecular flexibility index (Phi) is 7.11. The van der Waals surface area contributed by atoms with Gasteiger partial charge in [0.05, 0.1) is 16.5 Å². The van der Waals surface area contributed by atoms with Gasteiger partial charge in [-0.3, -0.25) is 9.79 Å². The number of aliphatic imine (C=N–C) groups is 1. The van der Waals surface area contributed by atoms with Gasteiger partial charge >= 0.3 is 6.18 Å². The smallest absolute Gasteiger partial charge is 0.422 e. The van der Waals surface area contributed by atoms with Gasteiger partial charge in [0.25, 0.3) is 5.91 Å². The molecule has 2 aromatic rings. The van der Waals surface area contributed by atoms with E-state index in [-0.39, 0.29) is 27.9 Å². The molecule has 0 saturated carbocycles. The van der Waals surface area contributed by atoms with E-state index in [2.05, 4.69) is 20.0 Å². The van der Waals surface area contributed by atoms with E-state index in [0.717, 1.165) is 24.0 Å². The number of rotatable bonds is 6. The van der Waals surface area contributed by atoms with Crippen molar-refractivity contribution in [3.05, 3.63) is 53.6 Å². The Bertz CT molecular complexity index is 1100. The molecule has 12 heteroatoms. The number of amidine groups is 1. The van der Waals surface area contributed by atoms with Gasteiger partial charge in [-0.15, -0.1) is 0 Å². The average Bonchev–Trinajstić information content (AvgIpc) is 2.77. The Balaban J connectivity index is 1.83. The normalized spacial score (nSPS) is 24.9. The molecule has 1 aromatic carbocycles. The van der Waals surface area contributed by atoms with E-state index in [9.17, 15) is 26.7 Å². The largest absolute Gasteiger partial charge is 0.483 e. The maximum Gasteiger partial charge on any atom is 0.422 e. The second-order valence-corrected chi connectivity index (χ2v) is 9.85. The van der Waals surface area contributed by atoms with E-state index in [1.807, 2.05) is 0 Å². The summed E-state index contributed by atoms with van der Waals surface area (Å²) in [5.74, 6) is -1.87. The number of nitrogens with two attached hydrogens (primary N) is 1. The molecule has 34 heavy (non-hydrogen) atoms. The molecular formula is C22H23F5N4O2S. The lowest BCUT2D eigenvalue weighted by molar-refractivity contribution is -0.153. The number of carbonyl (C=O) groups excluding carboxylic acids is 1. The number of pyridine rings is 1. The molecule has 1 aliphatic rings. The van der Waals surface area contributed by atoms with E-state index >= 15 is 0 Å². The highest BCUT2D eigenvalue weighted by Crippen LogP contribution is 2.50. The van der Waals surface area contributed by atoms with Crippen LogP contribution in [-0.2, 0) is 5.54 Å². The highest BCUT2D eigenvalue weighted by molar-refractivity contribution is 8.15. The molecule has 3 atom stereocenters. The predicted molar refractivity (Wildman–Crippen MR) is 120 cm³/mol. The third-order valence-corrected chi connectivity index (χ3v) is 7.08. The van der Waals surface area contributed by atoms with Gasteiger partial charge < -0.3 is 15.8 Å². The number of nitrogens with zero attached hydrogens (tertiary/aromatic N) is 2. The van der Waals surface area contributed by atoms with E-state index < -0.39 is 47.4 Å². The molecule has 0 aliphatic carbocycles. The second-order valence-electron chi connectivity index (χ2n) is 8.30. The van der Waals surface area contributed by atoms with Gasteiger partial charge in [-0.2, -0.15) is 13.2 Å². The predicted octanol–water partition coefficient (Wildman–Crippen LogP) is 5.06. The molecule has 0 radical (unpaired) electrons. The van der Waals surface area contributed by atoms with Crippen LogP contribution in [0.15, 0.2) is 41.5 Å². The number of thioether (sulfide) groups is 1. The van der Waals surface area contributed by atoms with Gasteiger partial charge in [0, 0.05) is 17.2 Å². The minimum Gasteiger partial charge on any atom is -0.483 e. The molecule has 1 aromatic heterocycles. The standard InChI is InChI=1S/C22H23F5N4O2S/c1-12-20(2,10-23)34-19(28)31-21(12,3)15-8-13(4-6-16(15)24)30-18(32)17-7-5-14(9-29-17)33-11-22(25,26)27/h4-9,12H,10-11H2,1-3H3,(H2,28,31)(H,30,32)/t12?,20-,21+/m1/s1. The number of anilines is 1. The minimum atomic E-state index is -4.50. The SMILES string of the molecule is CC1[C@@](C)(CF)SC(N)=N[C@]1(C)c1cc(NC(=O)c2ccc(OCC(F)(F)F)cn2)ccc1F. The third-order valence-electron chi connectivity index (χ3n) is 5.85. The van der Waals surface area contributed by atoms with E-state index in [1.165, 1.54) is 24.3 Å². The van der Waals surface area contributed by atoms with Crippen molar-refractivity contribution in [2.45, 2.75) is 37.2 Å². The number of benzene rings is 1. The molecule has 0 fully saturated rings. The number of hydrogen-bond donors (Lipinski definition) is 2. The zero-order valence-corrected chi connectivity index (χ0v) is 19.4. The summed E-state index contributed by atoms with van der Waals surface area (Å²) in [6, 6.07) is 6.28. The Labute approximate surface area is 197 Å². The van der Waals surface area contributed by atoms with Crippen LogP contribution in [0.4, 0.5) is 27.6 Å². The van der Waals surface area contributed by atoms with E-state index in [0.29, 0.717) is 0 Å². The molecule has 0 bridgehead atoms. The minimum absolute atomic E-state index is 0.0915. The van der Waals surface area contributed by atoms with Crippen molar-refractivity contribution in [2.75, 3.05) is 18.6 Å². The van der Waals surface area contributed by atoms with Crippen molar-refractivity contribution in [2.24, 2.45) is 16.6 Å². The number of carbonyl (C=O) groups is 1. The lowest BCUT2D eigenvalue weighted by Crippen LogP contribution is -2.49. The summed E-state index contributed by atoms with van der Waals surface area (Å²) < 4.78 is 69.1.